The Hall–Kier alpha value is -2.17. The minimum absolute atomic E-state index is 0.0728. The SMILES string of the molecule is CC(C(=O)N(CCCN)Cc1ccccc1)C(N)c1ccccc1. The summed E-state index contributed by atoms with van der Waals surface area (Å²) in [5.74, 6) is -0.211. The van der Waals surface area contributed by atoms with Crippen molar-refractivity contribution in [3.8, 4) is 0 Å². The lowest BCUT2D eigenvalue weighted by Crippen LogP contribution is -2.40. The van der Waals surface area contributed by atoms with Gasteiger partial charge < -0.3 is 16.4 Å². The zero-order valence-corrected chi connectivity index (χ0v) is 14.3. The summed E-state index contributed by atoms with van der Waals surface area (Å²) in [6.07, 6.45) is 0.784. The fraction of sp³-hybridized carbons (Fsp3) is 0.350. The van der Waals surface area contributed by atoms with E-state index in [1.165, 1.54) is 0 Å². The number of nitrogens with two attached hydrogens (primary N) is 2. The molecule has 0 aromatic heterocycles. The lowest BCUT2D eigenvalue weighted by Gasteiger charge is -2.29. The van der Waals surface area contributed by atoms with Crippen LogP contribution < -0.4 is 11.5 Å². The van der Waals surface area contributed by atoms with Crippen molar-refractivity contribution in [2.45, 2.75) is 25.9 Å². The van der Waals surface area contributed by atoms with Gasteiger partial charge in [-0.05, 0) is 24.1 Å². The first kappa shape index (κ1) is 18.2. The normalized spacial score (nSPS) is 13.3. The van der Waals surface area contributed by atoms with Crippen LogP contribution in [0.2, 0.25) is 0 Å². The number of carbonyl (C=O) groups excluding carboxylic acids is 1. The molecule has 0 aliphatic carbocycles. The maximum absolute atomic E-state index is 13.0. The smallest absolute Gasteiger partial charge is 0.227 e. The number of rotatable bonds is 8. The van der Waals surface area contributed by atoms with Gasteiger partial charge >= 0.3 is 0 Å². The van der Waals surface area contributed by atoms with Gasteiger partial charge in [-0.3, -0.25) is 4.79 Å². The predicted octanol–water partition coefficient (Wildman–Crippen LogP) is 2.70. The Morgan fingerprint density at radius 2 is 1.62 bits per heavy atom. The van der Waals surface area contributed by atoms with Crippen molar-refractivity contribution in [1.82, 2.24) is 4.90 Å². The summed E-state index contributed by atoms with van der Waals surface area (Å²) in [6, 6.07) is 19.5. The summed E-state index contributed by atoms with van der Waals surface area (Å²) < 4.78 is 0. The largest absolute Gasteiger partial charge is 0.338 e. The summed E-state index contributed by atoms with van der Waals surface area (Å²) in [6.45, 7) is 3.71. The molecule has 0 spiro atoms. The Kier molecular flexibility index (Phi) is 6.97. The third-order valence-electron chi connectivity index (χ3n) is 4.27. The van der Waals surface area contributed by atoms with E-state index in [0.29, 0.717) is 19.6 Å². The highest BCUT2D eigenvalue weighted by molar-refractivity contribution is 5.79. The van der Waals surface area contributed by atoms with Gasteiger partial charge in [0.2, 0.25) is 5.91 Å². The Labute approximate surface area is 144 Å². The van der Waals surface area contributed by atoms with Gasteiger partial charge in [-0.2, -0.15) is 0 Å². The van der Waals surface area contributed by atoms with Gasteiger partial charge in [-0.25, -0.2) is 0 Å². The van der Waals surface area contributed by atoms with Crippen LogP contribution in [0, 0.1) is 5.92 Å². The quantitative estimate of drug-likeness (QED) is 0.784. The summed E-state index contributed by atoms with van der Waals surface area (Å²) in [7, 11) is 0. The molecule has 128 valence electrons. The minimum atomic E-state index is -0.310. The highest BCUT2D eigenvalue weighted by Crippen LogP contribution is 2.22. The highest BCUT2D eigenvalue weighted by atomic mass is 16.2. The van der Waals surface area contributed by atoms with E-state index >= 15 is 0 Å². The lowest BCUT2D eigenvalue weighted by molar-refractivity contribution is -0.136. The van der Waals surface area contributed by atoms with Crippen LogP contribution in [-0.4, -0.2) is 23.9 Å². The molecule has 2 atom stereocenters. The Morgan fingerprint density at radius 3 is 2.21 bits per heavy atom. The zero-order chi connectivity index (χ0) is 17.4. The molecule has 4 N–H and O–H groups in total. The maximum Gasteiger partial charge on any atom is 0.227 e. The Morgan fingerprint density at radius 1 is 1.04 bits per heavy atom. The third-order valence-corrected chi connectivity index (χ3v) is 4.27. The standard InChI is InChI=1S/C20H27N3O/c1-16(19(22)18-11-6-3-7-12-18)20(24)23(14-8-13-21)15-17-9-4-2-5-10-17/h2-7,9-12,16,19H,8,13-15,21-22H2,1H3. The van der Waals surface area contributed by atoms with Crippen LogP contribution in [-0.2, 0) is 11.3 Å². The van der Waals surface area contributed by atoms with Crippen molar-refractivity contribution >= 4 is 5.91 Å². The summed E-state index contributed by atoms with van der Waals surface area (Å²) in [4.78, 5) is 14.8. The minimum Gasteiger partial charge on any atom is -0.338 e. The van der Waals surface area contributed by atoms with Crippen molar-refractivity contribution in [2.24, 2.45) is 17.4 Å². The number of carbonyl (C=O) groups is 1. The molecule has 0 aliphatic heterocycles. The molecule has 24 heavy (non-hydrogen) atoms. The molecule has 4 heteroatoms. The van der Waals surface area contributed by atoms with Gasteiger partial charge in [0.15, 0.2) is 0 Å². The Balaban J connectivity index is 2.11. The highest BCUT2D eigenvalue weighted by Gasteiger charge is 2.26. The van der Waals surface area contributed by atoms with Gasteiger partial charge in [0.1, 0.15) is 0 Å². The molecule has 0 saturated carbocycles. The molecule has 0 heterocycles. The van der Waals surface area contributed by atoms with Gasteiger partial charge in [0.05, 0.1) is 5.92 Å². The molecule has 2 aromatic rings. The second-order valence-electron chi connectivity index (χ2n) is 6.11. The Bertz CT molecular complexity index is 615. The average molecular weight is 325 g/mol. The van der Waals surface area contributed by atoms with E-state index in [-0.39, 0.29) is 17.9 Å². The summed E-state index contributed by atoms with van der Waals surface area (Å²) in [5, 5.41) is 0. The van der Waals surface area contributed by atoms with E-state index in [9.17, 15) is 4.79 Å². The molecule has 2 rings (SSSR count). The van der Waals surface area contributed by atoms with E-state index in [1.807, 2.05) is 72.5 Å². The van der Waals surface area contributed by atoms with Gasteiger partial charge in [0.25, 0.3) is 0 Å². The van der Waals surface area contributed by atoms with Gasteiger partial charge in [-0.15, -0.1) is 0 Å². The molecule has 0 fully saturated rings. The molecule has 0 aliphatic rings. The molecule has 2 aromatic carbocycles. The number of amides is 1. The average Bonchev–Trinajstić information content (AvgIpc) is 2.65. The van der Waals surface area contributed by atoms with Crippen LogP contribution in [0.5, 0.6) is 0 Å². The number of benzene rings is 2. The van der Waals surface area contributed by atoms with E-state index in [1.54, 1.807) is 0 Å². The van der Waals surface area contributed by atoms with Crippen molar-refractivity contribution in [3.63, 3.8) is 0 Å². The molecular weight excluding hydrogens is 298 g/mol. The first-order chi connectivity index (χ1) is 11.6. The van der Waals surface area contributed by atoms with Crippen molar-refractivity contribution in [2.75, 3.05) is 13.1 Å². The van der Waals surface area contributed by atoms with Gasteiger partial charge in [0, 0.05) is 19.1 Å². The lowest BCUT2D eigenvalue weighted by atomic mass is 9.94. The van der Waals surface area contributed by atoms with E-state index in [0.717, 1.165) is 17.5 Å². The van der Waals surface area contributed by atoms with Crippen LogP contribution in [0.25, 0.3) is 0 Å². The molecule has 0 radical (unpaired) electrons. The number of hydrogen-bond donors (Lipinski definition) is 2. The monoisotopic (exact) mass is 325 g/mol. The van der Waals surface area contributed by atoms with E-state index in [2.05, 4.69) is 0 Å². The van der Waals surface area contributed by atoms with Crippen LogP contribution in [0.15, 0.2) is 60.7 Å². The number of nitrogens with zero attached hydrogens (tertiary/aromatic N) is 1. The topological polar surface area (TPSA) is 72.3 Å². The van der Waals surface area contributed by atoms with Crippen LogP contribution in [0.4, 0.5) is 0 Å². The molecular formula is C20H27N3O. The van der Waals surface area contributed by atoms with E-state index in [4.69, 9.17) is 11.5 Å². The summed E-state index contributed by atoms with van der Waals surface area (Å²) in [5.41, 5.74) is 14.1. The molecule has 1 amide bonds. The van der Waals surface area contributed by atoms with Crippen LogP contribution >= 0.6 is 0 Å². The maximum atomic E-state index is 13.0. The summed E-state index contributed by atoms with van der Waals surface area (Å²) >= 11 is 0. The third kappa shape index (κ3) is 4.91. The molecule has 4 nitrogen and oxygen atoms in total. The van der Waals surface area contributed by atoms with Gasteiger partial charge in [-0.1, -0.05) is 67.6 Å². The first-order valence-corrected chi connectivity index (χ1v) is 8.46. The van der Waals surface area contributed by atoms with Crippen molar-refractivity contribution < 1.29 is 4.79 Å². The zero-order valence-electron chi connectivity index (χ0n) is 14.3. The number of hydrogen-bond acceptors (Lipinski definition) is 3. The molecule has 2 unspecified atom stereocenters. The van der Waals surface area contributed by atoms with Crippen LogP contribution in [0.1, 0.15) is 30.5 Å². The second kappa shape index (κ2) is 9.21. The molecule has 0 bridgehead atoms. The first-order valence-electron chi connectivity index (χ1n) is 8.46. The fourth-order valence-corrected chi connectivity index (χ4v) is 2.76. The molecule has 0 saturated heterocycles. The van der Waals surface area contributed by atoms with Crippen molar-refractivity contribution in [3.05, 3.63) is 71.8 Å². The second-order valence-corrected chi connectivity index (χ2v) is 6.11. The van der Waals surface area contributed by atoms with Crippen LogP contribution in [0.3, 0.4) is 0 Å². The van der Waals surface area contributed by atoms with E-state index < -0.39 is 0 Å². The fourth-order valence-electron chi connectivity index (χ4n) is 2.76. The predicted molar refractivity (Wildman–Crippen MR) is 98.1 cm³/mol. The van der Waals surface area contributed by atoms with Crippen molar-refractivity contribution in [1.29, 1.82) is 0 Å².